The molecule has 0 amide bonds. The summed E-state index contributed by atoms with van der Waals surface area (Å²) < 4.78 is 2.19. The first kappa shape index (κ1) is 10.2. The van der Waals surface area contributed by atoms with Crippen molar-refractivity contribution >= 4 is 11.0 Å². The molecule has 1 aromatic carbocycles. The summed E-state index contributed by atoms with van der Waals surface area (Å²) >= 11 is 0. The number of hydrogen-bond acceptors (Lipinski definition) is 2. The standard InChI is InChI=1S/C12H17N3/c1-13-9-5-8-12-14-10-6-3-4-7-11(10)15(12)2/h3-4,6-7,13H,5,8-9H2,1-2H3. The average molecular weight is 203 g/mol. The van der Waals surface area contributed by atoms with Crippen LogP contribution in [-0.2, 0) is 13.5 Å². The minimum atomic E-state index is 1.03. The topological polar surface area (TPSA) is 29.9 Å². The van der Waals surface area contributed by atoms with Crippen molar-refractivity contribution in [2.24, 2.45) is 7.05 Å². The van der Waals surface area contributed by atoms with Gasteiger partial charge in [-0.15, -0.1) is 0 Å². The Hall–Kier alpha value is -1.35. The zero-order valence-electron chi connectivity index (χ0n) is 9.33. The average Bonchev–Trinajstić information content (AvgIpc) is 2.57. The molecular formula is C12H17N3. The van der Waals surface area contributed by atoms with Gasteiger partial charge in [0, 0.05) is 13.5 Å². The van der Waals surface area contributed by atoms with Gasteiger partial charge in [0.1, 0.15) is 5.82 Å². The van der Waals surface area contributed by atoms with Crippen LogP contribution in [0.25, 0.3) is 11.0 Å². The van der Waals surface area contributed by atoms with Crippen molar-refractivity contribution in [1.29, 1.82) is 0 Å². The molecule has 1 heterocycles. The van der Waals surface area contributed by atoms with Crippen molar-refractivity contribution in [1.82, 2.24) is 14.9 Å². The normalized spacial score (nSPS) is 11.1. The van der Waals surface area contributed by atoms with Crippen LogP contribution in [0.1, 0.15) is 12.2 Å². The van der Waals surface area contributed by atoms with E-state index in [0.29, 0.717) is 0 Å². The predicted molar refractivity (Wildman–Crippen MR) is 63.0 cm³/mol. The van der Waals surface area contributed by atoms with Crippen molar-refractivity contribution in [3.8, 4) is 0 Å². The molecule has 0 aliphatic heterocycles. The molecule has 0 saturated carbocycles. The zero-order valence-corrected chi connectivity index (χ0v) is 9.33. The predicted octanol–water partition coefficient (Wildman–Crippen LogP) is 1.73. The molecule has 3 nitrogen and oxygen atoms in total. The smallest absolute Gasteiger partial charge is 0.109 e. The number of rotatable bonds is 4. The maximum atomic E-state index is 4.62. The van der Waals surface area contributed by atoms with Crippen LogP contribution in [0.2, 0.25) is 0 Å². The lowest BCUT2D eigenvalue weighted by atomic mass is 10.3. The summed E-state index contributed by atoms with van der Waals surface area (Å²) in [7, 11) is 4.07. The Balaban J connectivity index is 2.24. The van der Waals surface area contributed by atoms with Crippen LogP contribution in [0.5, 0.6) is 0 Å². The monoisotopic (exact) mass is 203 g/mol. The third-order valence-corrected chi connectivity index (χ3v) is 2.71. The number of imidazole rings is 1. The molecule has 0 atom stereocenters. The number of hydrogen-bond donors (Lipinski definition) is 1. The van der Waals surface area contributed by atoms with Gasteiger partial charge in [0.15, 0.2) is 0 Å². The number of nitrogens with zero attached hydrogens (tertiary/aromatic N) is 2. The van der Waals surface area contributed by atoms with Crippen molar-refractivity contribution in [3.63, 3.8) is 0 Å². The fraction of sp³-hybridized carbons (Fsp3) is 0.417. The molecule has 0 unspecified atom stereocenters. The van der Waals surface area contributed by atoms with E-state index in [2.05, 4.69) is 40.1 Å². The van der Waals surface area contributed by atoms with E-state index in [1.165, 1.54) is 11.3 Å². The van der Waals surface area contributed by atoms with Crippen molar-refractivity contribution in [2.45, 2.75) is 12.8 Å². The Labute approximate surface area is 90.1 Å². The second-order valence-corrected chi connectivity index (χ2v) is 3.78. The first-order valence-electron chi connectivity index (χ1n) is 5.38. The number of fused-ring (bicyclic) bond motifs is 1. The van der Waals surface area contributed by atoms with Crippen LogP contribution in [0.4, 0.5) is 0 Å². The Bertz CT molecular complexity index is 445. The van der Waals surface area contributed by atoms with Gasteiger partial charge in [0.2, 0.25) is 0 Å². The van der Waals surface area contributed by atoms with Crippen LogP contribution >= 0.6 is 0 Å². The molecule has 3 heteroatoms. The summed E-state index contributed by atoms with van der Waals surface area (Å²) in [5, 5.41) is 3.15. The minimum Gasteiger partial charge on any atom is -0.331 e. The van der Waals surface area contributed by atoms with Crippen LogP contribution in [-0.4, -0.2) is 23.1 Å². The van der Waals surface area contributed by atoms with Gasteiger partial charge in [-0.2, -0.15) is 0 Å². The van der Waals surface area contributed by atoms with Gasteiger partial charge >= 0.3 is 0 Å². The first-order chi connectivity index (χ1) is 7.33. The number of aryl methyl sites for hydroxylation is 2. The summed E-state index contributed by atoms with van der Waals surface area (Å²) in [6.45, 7) is 1.04. The SMILES string of the molecule is CNCCCc1nc2ccccc2n1C. The van der Waals surface area contributed by atoms with E-state index in [4.69, 9.17) is 0 Å². The van der Waals surface area contributed by atoms with E-state index in [-0.39, 0.29) is 0 Å². The van der Waals surface area contributed by atoms with Gasteiger partial charge in [0.05, 0.1) is 11.0 Å². The Morgan fingerprint density at radius 1 is 1.33 bits per heavy atom. The zero-order chi connectivity index (χ0) is 10.7. The second kappa shape index (κ2) is 4.45. The summed E-state index contributed by atoms with van der Waals surface area (Å²) in [5.41, 5.74) is 2.32. The van der Waals surface area contributed by atoms with Crippen molar-refractivity contribution < 1.29 is 0 Å². The summed E-state index contributed by atoms with van der Waals surface area (Å²) in [5.74, 6) is 1.17. The molecule has 1 aromatic heterocycles. The first-order valence-corrected chi connectivity index (χ1v) is 5.38. The van der Waals surface area contributed by atoms with Crippen LogP contribution in [0, 0.1) is 0 Å². The Morgan fingerprint density at radius 3 is 2.87 bits per heavy atom. The third-order valence-electron chi connectivity index (χ3n) is 2.71. The van der Waals surface area contributed by atoms with Gasteiger partial charge < -0.3 is 9.88 Å². The molecule has 15 heavy (non-hydrogen) atoms. The highest BCUT2D eigenvalue weighted by Crippen LogP contribution is 2.14. The van der Waals surface area contributed by atoms with E-state index in [1.807, 2.05) is 13.1 Å². The lowest BCUT2D eigenvalue weighted by molar-refractivity contribution is 0.685. The second-order valence-electron chi connectivity index (χ2n) is 3.78. The molecule has 0 spiro atoms. The van der Waals surface area contributed by atoms with Gasteiger partial charge in [-0.1, -0.05) is 12.1 Å². The largest absolute Gasteiger partial charge is 0.331 e. The quantitative estimate of drug-likeness (QED) is 0.767. The maximum absolute atomic E-state index is 4.62. The van der Waals surface area contributed by atoms with E-state index in [9.17, 15) is 0 Å². The van der Waals surface area contributed by atoms with E-state index < -0.39 is 0 Å². The fourth-order valence-corrected chi connectivity index (χ4v) is 1.84. The minimum absolute atomic E-state index is 1.03. The molecule has 0 saturated heterocycles. The lowest BCUT2D eigenvalue weighted by Gasteiger charge is -2.01. The number of benzene rings is 1. The molecule has 0 fully saturated rings. The van der Waals surface area contributed by atoms with Gasteiger partial charge in [-0.05, 0) is 32.1 Å². The highest BCUT2D eigenvalue weighted by atomic mass is 15.1. The van der Waals surface area contributed by atoms with E-state index in [0.717, 1.165) is 24.9 Å². The van der Waals surface area contributed by atoms with Gasteiger partial charge in [-0.3, -0.25) is 0 Å². The summed E-state index contributed by atoms with van der Waals surface area (Å²) in [6.07, 6.45) is 2.17. The maximum Gasteiger partial charge on any atom is 0.109 e. The molecule has 80 valence electrons. The van der Waals surface area contributed by atoms with Crippen molar-refractivity contribution in [3.05, 3.63) is 30.1 Å². The van der Waals surface area contributed by atoms with E-state index in [1.54, 1.807) is 0 Å². The molecule has 0 radical (unpaired) electrons. The van der Waals surface area contributed by atoms with Gasteiger partial charge in [-0.25, -0.2) is 4.98 Å². The molecular weight excluding hydrogens is 186 g/mol. The molecule has 0 aliphatic carbocycles. The third kappa shape index (κ3) is 2.02. The number of nitrogens with one attached hydrogen (secondary N) is 1. The van der Waals surface area contributed by atoms with Gasteiger partial charge in [0.25, 0.3) is 0 Å². The van der Waals surface area contributed by atoms with Crippen molar-refractivity contribution in [2.75, 3.05) is 13.6 Å². The van der Waals surface area contributed by atoms with E-state index >= 15 is 0 Å². The molecule has 1 N–H and O–H groups in total. The summed E-state index contributed by atoms with van der Waals surface area (Å²) in [4.78, 5) is 4.62. The Kier molecular flexibility index (Phi) is 3.02. The molecule has 0 bridgehead atoms. The number of aromatic nitrogens is 2. The van der Waals surface area contributed by atoms with Crippen LogP contribution in [0.3, 0.4) is 0 Å². The fourth-order valence-electron chi connectivity index (χ4n) is 1.84. The Morgan fingerprint density at radius 2 is 2.13 bits per heavy atom. The van der Waals surface area contributed by atoms with Crippen LogP contribution < -0.4 is 5.32 Å². The summed E-state index contributed by atoms with van der Waals surface area (Å²) in [6, 6.07) is 8.27. The highest BCUT2D eigenvalue weighted by Gasteiger charge is 2.05. The molecule has 2 rings (SSSR count). The molecule has 0 aliphatic rings. The number of para-hydroxylation sites is 2. The molecule has 2 aromatic rings. The highest BCUT2D eigenvalue weighted by molar-refractivity contribution is 5.75. The lowest BCUT2D eigenvalue weighted by Crippen LogP contribution is -2.09. The van der Waals surface area contributed by atoms with Crippen LogP contribution in [0.15, 0.2) is 24.3 Å².